The van der Waals surface area contributed by atoms with Gasteiger partial charge in [-0.2, -0.15) is 0 Å². The highest BCUT2D eigenvalue weighted by molar-refractivity contribution is 5.99. The third-order valence-corrected chi connectivity index (χ3v) is 5.67. The van der Waals surface area contributed by atoms with Gasteiger partial charge in [-0.15, -0.1) is 0 Å². The third-order valence-electron chi connectivity index (χ3n) is 5.67. The highest BCUT2D eigenvalue weighted by Crippen LogP contribution is 2.30. The summed E-state index contributed by atoms with van der Waals surface area (Å²) in [6.45, 7) is 4.06. The molecule has 4 rings (SSSR count). The van der Waals surface area contributed by atoms with E-state index in [0.717, 1.165) is 29.4 Å². The third kappa shape index (κ3) is 3.48. The summed E-state index contributed by atoms with van der Waals surface area (Å²) in [6.07, 6.45) is 2.16. The molecule has 1 aromatic heterocycles. The standard InChI is InChI=1S/C21H24N2O5/c1-11-3-6-16-12(2)18(28-17(16)7-11)20(25)23-9-13(8-14(10-23)21(26)27)19(24)22-15-4-5-15/h3,6-7,13-15H,4-5,8-10H2,1-2H3,(H,22,24)(H,26,27)/t13-,14-/m0/s1. The van der Waals surface area contributed by atoms with Gasteiger partial charge >= 0.3 is 5.97 Å². The molecule has 0 radical (unpaired) electrons. The summed E-state index contributed by atoms with van der Waals surface area (Å²) in [4.78, 5) is 38.7. The van der Waals surface area contributed by atoms with Gasteiger partial charge in [0.15, 0.2) is 5.76 Å². The minimum Gasteiger partial charge on any atom is -0.481 e. The predicted molar refractivity (Wildman–Crippen MR) is 102 cm³/mol. The Morgan fingerprint density at radius 2 is 1.86 bits per heavy atom. The Bertz CT molecular complexity index is 959. The van der Waals surface area contributed by atoms with Crippen LogP contribution >= 0.6 is 0 Å². The number of likely N-dealkylation sites (tertiary alicyclic amines) is 1. The van der Waals surface area contributed by atoms with Gasteiger partial charge in [0.25, 0.3) is 5.91 Å². The normalized spacial score (nSPS) is 22.3. The number of nitrogens with one attached hydrogen (secondary N) is 1. The number of nitrogens with zero attached hydrogens (tertiary/aromatic N) is 1. The molecule has 2 atom stereocenters. The number of hydrogen-bond acceptors (Lipinski definition) is 4. The molecule has 2 heterocycles. The first kappa shape index (κ1) is 18.5. The average Bonchev–Trinajstić information content (AvgIpc) is 3.42. The average molecular weight is 384 g/mol. The Balaban J connectivity index is 1.60. The van der Waals surface area contributed by atoms with Crippen LogP contribution in [-0.2, 0) is 9.59 Å². The SMILES string of the molecule is Cc1ccc2c(C)c(C(=O)N3C[C@@H](C(=O)O)C[C@H](C(=O)NC4CC4)C3)oc2c1. The summed E-state index contributed by atoms with van der Waals surface area (Å²) in [5.74, 6) is -2.58. The van der Waals surface area contributed by atoms with Crippen LogP contribution in [-0.4, -0.2) is 46.9 Å². The van der Waals surface area contributed by atoms with Crippen LogP contribution in [0.15, 0.2) is 22.6 Å². The summed E-state index contributed by atoms with van der Waals surface area (Å²) in [7, 11) is 0. The lowest BCUT2D eigenvalue weighted by Crippen LogP contribution is -2.50. The Morgan fingerprint density at radius 1 is 1.14 bits per heavy atom. The second-order valence-electron chi connectivity index (χ2n) is 8.02. The lowest BCUT2D eigenvalue weighted by Gasteiger charge is -2.35. The zero-order valence-electron chi connectivity index (χ0n) is 16.0. The van der Waals surface area contributed by atoms with Crippen molar-refractivity contribution in [2.75, 3.05) is 13.1 Å². The number of rotatable bonds is 4. The van der Waals surface area contributed by atoms with Crippen molar-refractivity contribution in [2.24, 2.45) is 11.8 Å². The van der Waals surface area contributed by atoms with Crippen LogP contribution in [0.25, 0.3) is 11.0 Å². The minimum atomic E-state index is -0.987. The molecule has 1 aromatic carbocycles. The van der Waals surface area contributed by atoms with Gasteiger partial charge in [-0.1, -0.05) is 12.1 Å². The van der Waals surface area contributed by atoms with Crippen LogP contribution in [0.4, 0.5) is 0 Å². The Hall–Kier alpha value is -2.83. The van der Waals surface area contributed by atoms with Gasteiger partial charge in [-0.3, -0.25) is 14.4 Å². The fourth-order valence-corrected chi connectivity index (χ4v) is 3.86. The van der Waals surface area contributed by atoms with Crippen molar-refractivity contribution in [1.82, 2.24) is 10.2 Å². The molecule has 2 aromatic rings. The van der Waals surface area contributed by atoms with E-state index in [0.29, 0.717) is 5.58 Å². The van der Waals surface area contributed by atoms with Crippen molar-refractivity contribution in [3.63, 3.8) is 0 Å². The Labute approximate surface area is 162 Å². The zero-order valence-corrected chi connectivity index (χ0v) is 16.0. The van der Waals surface area contributed by atoms with Crippen LogP contribution in [0.5, 0.6) is 0 Å². The van der Waals surface area contributed by atoms with Crippen molar-refractivity contribution in [3.8, 4) is 0 Å². The summed E-state index contributed by atoms with van der Waals surface area (Å²) >= 11 is 0. The lowest BCUT2D eigenvalue weighted by molar-refractivity contribution is -0.144. The molecule has 0 unspecified atom stereocenters. The summed E-state index contributed by atoms with van der Waals surface area (Å²) in [6, 6.07) is 5.95. The summed E-state index contributed by atoms with van der Waals surface area (Å²) < 4.78 is 5.82. The van der Waals surface area contributed by atoms with E-state index in [9.17, 15) is 19.5 Å². The molecule has 1 aliphatic heterocycles. The van der Waals surface area contributed by atoms with Crippen LogP contribution in [0.3, 0.4) is 0 Å². The largest absolute Gasteiger partial charge is 0.481 e. The van der Waals surface area contributed by atoms with Gasteiger partial charge < -0.3 is 19.7 Å². The molecule has 0 bridgehead atoms. The van der Waals surface area contributed by atoms with Gasteiger partial charge in [0, 0.05) is 30.1 Å². The molecule has 28 heavy (non-hydrogen) atoms. The number of carboxylic acid groups (broad SMARTS) is 1. The van der Waals surface area contributed by atoms with E-state index in [-0.39, 0.29) is 43.1 Å². The molecule has 0 spiro atoms. The summed E-state index contributed by atoms with van der Waals surface area (Å²) in [5, 5.41) is 13.3. The van der Waals surface area contributed by atoms with Gasteiger partial charge in [-0.05, 0) is 44.7 Å². The van der Waals surface area contributed by atoms with Gasteiger partial charge in [0.05, 0.1) is 11.8 Å². The van der Waals surface area contributed by atoms with Crippen LogP contribution < -0.4 is 5.32 Å². The smallest absolute Gasteiger partial charge is 0.308 e. The number of fused-ring (bicyclic) bond motifs is 1. The number of aryl methyl sites for hydroxylation is 2. The number of carboxylic acids is 1. The minimum absolute atomic E-state index is 0.0802. The number of amides is 2. The molecule has 7 nitrogen and oxygen atoms in total. The molecule has 1 aliphatic carbocycles. The molecule has 148 valence electrons. The second-order valence-corrected chi connectivity index (χ2v) is 8.02. The molecular weight excluding hydrogens is 360 g/mol. The number of hydrogen-bond donors (Lipinski definition) is 2. The predicted octanol–water partition coefficient (Wildman–Crippen LogP) is 2.49. The van der Waals surface area contributed by atoms with E-state index in [1.807, 2.05) is 32.0 Å². The number of benzene rings is 1. The quantitative estimate of drug-likeness (QED) is 0.844. The van der Waals surface area contributed by atoms with Crippen LogP contribution in [0.2, 0.25) is 0 Å². The van der Waals surface area contributed by atoms with E-state index in [4.69, 9.17) is 4.42 Å². The van der Waals surface area contributed by atoms with E-state index in [2.05, 4.69) is 5.32 Å². The van der Waals surface area contributed by atoms with E-state index in [1.165, 1.54) is 4.90 Å². The Kier molecular flexibility index (Phi) is 4.61. The molecule has 1 saturated heterocycles. The number of piperidine rings is 1. The number of carbonyl (C=O) groups excluding carboxylic acids is 2. The molecule has 2 N–H and O–H groups in total. The molecule has 2 fully saturated rings. The number of furan rings is 1. The van der Waals surface area contributed by atoms with Crippen molar-refractivity contribution in [2.45, 2.75) is 39.2 Å². The maximum absolute atomic E-state index is 13.2. The fourth-order valence-electron chi connectivity index (χ4n) is 3.86. The topological polar surface area (TPSA) is 99.9 Å². The molecule has 1 saturated carbocycles. The van der Waals surface area contributed by atoms with E-state index in [1.54, 1.807) is 0 Å². The van der Waals surface area contributed by atoms with Crippen molar-refractivity contribution in [3.05, 3.63) is 35.1 Å². The monoisotopic (exact) mass is 384 g/mol. The maximum atomic E-state index is 13.2. The van der Waals surface area contributed by atoms with E-state index >= 15 is 0 Å². The zero-order chi connectivity index (χ0) is 20.0. The van der Waals surface area contributed by atoms with Crippen LogP contribution in [0.1, 0.15) is 40.9 Å². The first-order valence-corrected chi connectivity index (χ1v) is 9.65. The van der Waals surface area contributed by atoms with Gasteiger partial charge in [-0.25, -0.2) is 0 Å². The Morgan fingerprint density at radius 3 is 2.54 bits per heavy atom. The fraction of sp³-hybridized carbons (Fsp3) is 0.476. The molecule has 7 heteroatoms. The molecular formula is C21H24N2O5. The first-order chi connectivity index (χ1) is 13.3. The first-order valence-electron chi connectivity index (χ1n) is 9.65. The van der Waals surface area contributed by atoms with Crippen molar-refractivity contribution in [1.29, 1.82) is 0 Å². The molecule has 2 aliphatic rings. The highest BCUT2D eigenvalue weighted by Gasteiger charge is 2.39. The van der Waals surface area contributed by atoms with Crippen molar-refractivity contribution >= 4 is 28.8 Å². The van der Waals surface area contributed by atoms with Gasteiger partial charge in [0.2, 0.25) is 5.91 Å². The second kappa shape index (κ2) is 6.96. The summed E-state index contributed by atoms with van der Waals surface area (Å²) in [5.41, 5.74) is 2.40. The van der Waals surface area contributed by atoms with Crippen LogP contribution in [0, 0.1) is 25.7 Å². The van der Waals surface area contributed by atoms with Crippen molar-refractivity contribution < 1.29 is 23.9 Å². The maximum Gasteiger partial charge on any atom is 0.308 e. The lowest BCUT2D eigenvalue weighted by atomic mass is 9.88. The van der Waals surface area contributed by atoms with Gasteiger partial charge in [0.1, 0.15) is 5.58 Å². The molecule has 2 amide bonds. The number of aliphatic carboxylic acids is 1. The number of carbonyl (C=O) groups is 3. The highest BCUT2D eigenvalue weighted by atomic mass is 16.4. The van der Waals surface area contributed by atoms with E-state index < -0.39 is 17.8 Å².